The lowest BCUT2D eigenvalue weighted by Crippen LogP contribution is -2.80. The summed E-state index contributed by atoms with van der Waals surface area (Å²) in [6, 6.07) is 14.8. The lowest BCUT2D eigenvalue weighted by Gasteiger charge is -2.65. The number of hydrogen-bond acceptors (Lipinski definition) is 11. The van der Waals surface area contributed by atoms with Crippen molar-refractivity contribution in [1.29, 1.82) is 0 Å². The highest BCUT2D eigenvalue weighted by Crippen LogP contribution is 2.60. The molecule has 3 aromatic rings. The summed E-state index contributed by atoms with van der Waals surface area (Å²) in [5.41, 5.74) is -0.989. The lowest BCUT2D eigenvalue weighted by molar-refractivity contribution is -0.248. The first-order chi connectivity index (χ1) is 21.9. The van der Waals surface area contributed by atoms with Crippen molar-refractivity contribution in [3.05, 3.63) is 115 Å². The van der Waals surface area contributed by atoms with Crippen LogP contribution in [0, 0.1) is 10.8 Å². The number of fused-ring (bicyclic) bond motifs is 2. The molecule has 45 heavy (non-hydrogen) atoms. The van der Waals surface area contributed by atoms with Crippen LogP contribution in [0.4, 0.5) is 0 Å². The maximum atomic E-state index is 14.4. The summed E-state index contributed by atoms with van der Waals surface area (Å²) in [6.45, 7) is 6.18. The highest BCUT2D eigenvalue weighted by atomic mass is 16.5. The Hall–Kier alpha value is -4.58. The average Bonchev–Trinajstić information content (AvgIpc) is 3.07. The van der Waals surface area contributed by atoms with Crippen LogP contribution in [0.1, 0.15) is 30.0 Å². The third-order valence-corrected chi connectivity index (χ3v) is 8.77. The number of likely N-dealkylation sites (tertiary alicyclic amines) is 2. The van der Waals surface area contributed by atoms with Gasteiger partial charge in [-0.2, -0.15) is 0 Å². The van der Waals surface area contributed by atoms with Crippen molar-refractivity contribution < 1.29 is 24.2 Å². The zero-order valence-corrected chi connectivity index (χ0v) is 25.7. The number of aliphatic hydroxyl groups is 1. The number of ether oxygens (including phenoxy) is 2. The number of esters is 2. The molecule has 11 heteroatoms. The largest absolute Gasteiger partial charge is 0.468 e. The molecule has 5 unspecified atom stereocenters. The summed E-state index contributed by atoms with van der Waals surface area (Å²) >= 11 is 0. The monoisotopic (exact) mass is 610 g/mol. The van der Waals surface area contributed by atoms with E-state index in [4.69, 9.17) is 19.5 Å². The van der Waals surface area contributed by atoms with Gasteiger partial charge in [-0.05, 0) is 43.3 Å². The molecule has 11 nitrogen and oxygen atoms in total. The minimum Gasteiger partial charge on any atom is -0.468 e. The molecule has 0 radical (unpaired) electrons. The van der Waals surface area contributed by atoms with E-state index in [0.29, 0.717) is 23.6 Å². The molecule has 234 valence electrons. The number of piperidine rings is 2. The molecule has 2 fully saturated rings. The van der Waals surface area contributed by atoms with Gasteiger partial charge >= 0.3 is 11.9 Å². The van der Waals surface area contributed by atoms with Crippen molar-refractivity contribution in [2.24, 2.45) is 15.8 Å². The first-order valence-electron chi connectivity index (χ1n) is 14.7. The predicted molar refractivity (Wildman–Crippen MR) is 167 cm³/mol. The van der Waals surface area contributed by atoms with E-state index < -0.39 is 41.0 Å². The molecular weight excluding hydrogens is 572 g/mol. The summed E-state index contributed by atoms with van der Waals surface area (Å²) in [4.78, 5) is 51.2. The van der Waals surface area contributed by atoms with E-state index in [-0.39, 0.29) is 19.6 Å². The fourth-order valence-electron chi connectivity index (χ4n) is 7.14. The Kier molecular flexibility index (Phi) is 9.62. The fraction of sp³-hybridized carbons (Fsp3) is 0.353. The average molecular weight is 611 g/mol. The molecule has 5 atom stereocenters. The lowest BCUT2D eigenvalue weighted by atomic mass is 9.53. The fourth-order valence-corrected chi connectivity index (χ4v) is 7.14. The van der Waals surface area contributed by atoms with E-state index in [1.165, 1.54) is 20.4 Å². The van der Waals surface area contributed by atoms with Crippen molar-refractivity contribution >= 4 is 18.2 Å². The molecule has 1 N–H and O–H groups in total. The topological polar surface area (TPSA) is 130 Å². The van der Waals surface area contributed by atoms with E-state index in [9.17, 15) is 14.7 Å². The van der Waals surface area contributed by atoms with Gasteiger partial charge in [0.25, 0.3) is 0 Å². The number of methoxy groups -OCH3 is 2. The van der Waals surface area contributed by atoms with Crippen molar-refractivity contribution in [3.63, 3.8) is 0 Å². The van der Waals surface area contributed by atoms with Crippen molar-refractivity contribution in [3.8, 4) is 0 Å². The van der Waals surface area contributed by atoms with Gasteiger partial charge in [-0.25, -0.2) is 0 Å². The van der Waals surface area contributed by atoms with Crippen LogP contribution in [0.15, 0.2) is 103 Å². The molecule has 0 amide bonds. The SMILES string of the molecule is C=CC=N/C(=C\C)C1N(Cc2ccccn2)C(c2ccccn2)C2(C(=O)OC)CN(Cc3ccccn3)CC1(C(=O)OC)C2O. The number of carbonyl (C=O) groups is 2. The first-order valence-corrected chi connectivity index (χ1v) is 14.7. The molecule has 0 aromatic carbocycles. The van der Waals surface area contributed by atoms with Crippen molar-refractivity contribution in [2.75, 3.05) is 27.3 Å². The van der Waals surface area contributed by atoms with Gasteiger partial charge in [-0.3, -0.25) is 39.3 Å². The second-order valence-corrected chi connectivity index (χ2v) is 11.2. The Morgan fingerprint density at radius 2 is 1.51 bits per heavy atom. The molecule has 0 spiro atoms. The smallest absolute Gasteiger partial charge is 0.317 e. The normalized spacial score (nSPS) is 27.2. The summed E-state index contributed by atoms with van der Waals surface area (Å²) < 4.78 is 11.0. The number of aliphatic hydroxyl groups excluding tert-OH is 1. The van der Waals surface area contributed by atoms with Crippen molar-refractivity contribution in [1.82, 2.24) is 24.8 Å². The van der Waals surface area contributed by atoms with Gasteiger partial charge in [0.1, 0.15) is 10.8 Å². The summed E-state index contributed by atoms with van der Waals surface area (Å²) in [5, 5.41) is 12.7. The predicted octanol–water partition coefficient (Wildman–Crippen LogP) is 3.15. The minimum absolute atomic E-state index is 0.0371. The molecular formula is C34H38N6O5. The number of carbonyl (C=O) groups excluding carboxylic acids is 2. The van der Waals surface area contributed by atoms with Crippen LogP contribution in [-0.4, -0.2) is 87.5 Å². The van der Waals surface area contributed by atoms with Crippen LogP contribution in [0.3, 0.4) is 0 Å². The van der Waals surface area contributed by atoms with E-state index >= 15 is 0 Å². The number of aliphatic imine (C=N–C) groups is 1. The van der Waals surface area contributed by atoms with E-state index in [1.807, 2.05) is 65.3 Å². The molecule has 2 aliphatic heterocycles. The van der Waals surface area contributed by atoms with Gasteiger partial charge in [-0.1, -0.05) is 36.9 Å². The van der Waals surface area contributed by atoms with Crippen LogP contribution < -0.4 is 0 Å². The number of allylic oxidation sites excluding steroid dienone is 2. The molecule has 0 saturated carbocycles. The highest BCUT2D eigenvalue weighted by Gasteiger charge is 2.75. The minimum atomic E-state index is -1.71. The third-order valence-electron chi connectivity index (χ3n) is 8.77. The standard InChI is InChI=1S/C34H38N6O5/c1-5-16-37-26(6-2)28-33(31(42)44-3)22-39(20-24-13-7-10-17-35-24)23-34(30(33)41,32(43)45-4)29(27-15-9-12-19-38-27)40(28)21-25-14-8-11-18-36-25/h5-19,28-30,41H,1,20-23H2,2-4H3/b26-6-,37-16?. The van der Waals surface area contributed by atoms with Gasteiger partial charge in [0.05, 0.1) is 55.2 Å². The van der Waals surface area contributed by atoms with Crippen molar-refractivity contribution in [2.45, 2.75) is 38.2 Å². The molecule has 2 saturated heterocycles. The molecule has 0 aliphatic carbocycles. The Balaban J connectivity index is 1.86. The van der Waals surface area contributed by atoms with Crippen LogP contribution in [0.25, 0.3) is 0 Å². The summed E-state index contributed by atoms with van der Waals surface area (Å²) in [5.74, 6) is -1.36. The first kappa shape index (κ1) is 31.8. The molecule has 2 bridgehead atoms. The van der Waals surface area contributed by atoms with E-state index in [0.717, 1.165) is 5.69 Å². The Labute approximate surface area is 263 Å². The zero-order valence-electron chi connectivity index (χ0n) is 25.7. The Bertz CT molecular complexity index is 1550. The van der Waals surface area contributed by atoms with Crippen LogP contribution >= 0.6 is 0 Å². The molecule has 2 aliphatic rings. The van der Waals surface area contributed by atoms with E-state index in [1.54, 1.807) is 36.8 Å². The Morgan fingerprint density at radius 1 is 0.933 bits per heavy atom. The zero-order chi connectivity index (χ0) is 32.0. The number of nitrogens with zero attached hydrogens (tertiary/aromatic N) is 6. The molecule has 5 heterocycles. The van der Waals surface area contributed by atoms with Crippen LogP contribution in [0.2, 0.25) is 0 Å². The molecule has 5 rings (SSSR count). The summed E-state index contributed by atoms with van der Waals surface area (Å²) in [7, 11) is 2.58. The van der Waals surface area contributed by atoms with Gasteiger partial charge in [0.15, 0.2) is 0 Å². The van der Waals surface area contributed by atoms with Crippen LogP contribution in [0.5, 0.6) is 0 Å². The molecule has 3 aromatic heterocycles. The quantitative estimate of drug-likeness (QED) is 0.270. The number of rotatable bonds is 10. The van der Waals surface area contributed by atoms with Gasteiger partial charge < -0.3 is 14.6 Å². The third kappa shape index (κ3) is 5.58. The Morgan fingerprint density at radius 3 is 2.04 bits per heavy atom. The van der Waals surface area contributed by atoms with Gasteiger partial charge in [-0.15, -0.1) is 0 Å². The van der Waals surface area contributed by atoms with Gasteiger partial charge in [0.2, 0.25) is 0 Å². The maximum Gasteiger partial charge on any atom is 0.317 e. The second kappa shape index (κ2) is 13.6. The van der Waals surface area contributed by atoms with Crippen LogP contribution in [-0.2, 0) is 32.2 Å². The maximum absolute atomic E-state index is 14.4. The van der Waals surface area contributed by atoms with Gasteiger partial charge in [0, 0.05) is 51.0 Å². The van der Waals surface area contributed by atoms with E-state index in [2.05, 4.69) is 16.5 Å². The highest BCUT2D eigenvalue weighted by molar-refractivity contribution is 5.87. The second-order valence-electron chi connectivity index (χ2n) is 11.2. The number of pyridine rings is 3. The number of aromatic nitrogens is 3. The summed E-state index contributed by atoms with van der Waals surface area (Å²) in [6.07, 6.45) is 8.34. The number of hydrogen-bond donors (Lipinski definition) is 1.